The molecule has 0 fully saturated rings. The summed E-state index contributed by atoms with van der Waals surface area (Å²) in [5.74, 6) is -0.327. The maximum Gasteiger partial charge on any atom is 0.137 e. The smallest absolute Gasteiger partial charge is 0.137 e. The predicted octanol–water partition coefficient (Wildman–Crippen LogP) is 4.45. The lowest BCUT2D eigenvalue weighted by Crippen LogP contribution is -2.08. The van der Waals surface area contributed by atoms with E-state index in [-0.39, 0.29) is 11.2 Å². The summed E-state index contributed by atoms with van der Waals surface area (Å²) in [6, 6.07) is 4.77. The van der Waals surface area contributed by atoms with Crippen LogP contribution >= 0.6 is 15.9 Å². The van der Waals surface area contributed by atoms with Crippen LogP contribution < -0.4 is 0 Å². The lowest BCUT2D eigenvalue weighted by atomic mass is 9.88. The van der Waals surface area contributed by atoms with Gasteiger partial charge in [-0.2, -0.15) is 0 Å². The van der Waals surface area contributed by atoms with Crippen molar-refractivity contribution in [2.24, 2.45) is 5.41 Å². The van der Waals surface area contributed by atoms with Crippen molar-refractivity contribution in [3.05, 3.63) is 34.1 Å². The lowest BCUT2D eigenvalue weighted by Gasteiger charge is -2.20. The number of aliphatic hydroxyl groups is 1. The van der Waals surface area contributed by atoms with E-state index in [1.54, 1.807) is 12.1 Å². The Morgan fingerprint density at radius 2 is 2.00 bits per heavy atom. The van der Waals surface area contributed by atoms with E-state index in [2.05, 4.69) is 36.7 Å². The van der Waals surface area contributed by atoms with Crippen LogP contribution in [0.3, 0.4) is 0 Å². The van der Waals surface area contributed by atoms with Crippen molar-refractivity contribution in [1.29, 1.82) is 0 Å². The molecule has 0 saturated heterocycles. The Balaban J connectivity index is 2.66. The van der Waals surface area contributed by atoms with Crippen molar-refractivity contribution in [2.75, 3.05) is 0 Å². The first-order valence-corrected chi connectivity index (χ1v) is 6.22. The van der Waals surface area contributed by atoms with Gasteiger partial charge in [-0.1, -0.05) is 26.8 Å². The zero-order valence-electron chi connectivity index (χ0n) is 9.93. The summed E-state index contributed by atoms with van der Waals surface area (Å²) < 4.78 is 13.7. The molecule has 1 nitrogen and oxygen atoms in total. The Bertz CT molecular complexity index is 357. The van der Waals surface area contributed by atoms with Gasteiger partial charge in [0.2, 0.25) is 0 Å². The SMILES string of the molecule is CC(C)(C)CCC(O)c1ccc(Br)c(F)c1. The third kappa shape index (κ3) is 4.22. The average molecular weight is 289 g/mol. The summed E-state index contributed by atoms with van der Waals surface area (Å²) in [4.78, 5) is 0. The van der Waals surface area contributed by atoms with Gasteiger partial charge in [0.25, 0.3) is 0 Å². The van der Waals surface area contributed by atoms with Gasteiger partial charge in [-0.3, -0.25) is 0 Å². The van der Waals surface area contributed by atoms with Gasteiger partial charge >= 0.3 is 0 Å². The number of benzene rings is 1. The van der Waals surface area contributed by atoms with Crippen LogP contribution in [-0.4, -0.2) is 5.11 Å². The number of hydrogen-bond donors (Lipinski definition) is 1. The molecule has 1 aromatic rings. The number of hydrogen-bond acceptors (Lipinski definition) is 1. The first-order valence-electron chi connectivity index (χ1n) is 5.42. The van der Waals surface area contributed by atoms with Crippen LogP contribution in [0.5, 0.6) is 0 Å². The molecule has 0 aliphatic heterocycles. The zero-order valence-corrected chi connectivity index (χ0v) is 11.5. The quantitative estimate of drug-likeness (QED) is 0.871. The van der Waals surface area contributed by atoms with Crippen molar-refractivity contribution < 1.29 is 9.50 Å². The first kappa shape index (κ1) is 13.7. The molecule has 0 heterocycles. The Labute approximate surface area is 105 Å². The fourth-order valence-electron chi connectivity index (χ4n) is 1.46. The third-order valence-corrected chi connectivity index (χ3v) is 3.14. The molecule has 90 valence electrons. The molecule has 0 aliphatic carbocycles. The molecular weight excluding hydrogens is 271 g/mol. The highest BCUT2D eigenvalue weighted by molar-refractivity contribution is 9.10. The largest absolute Gasteiger partial charge is 0.388 e. The summed E-state index contributed by atoms with van der Waals surface area (Å²) in [7, 11) is 0. The van der Waals surface area contributed by atoms with Crippen LogP contribution in [0, 0.1) is 11.2 Å². The average Bonchev–Trinajstić information content (AvgIpc) is 2.17. The summed E-state index contributed by atoms with van der Waals surface area (Å²) in [6.45, 7) is 6.38. The molecule has 16 heavy (non-hydrogen) atoms. The Hall–Kier alpha value is -0.410. The van der Waals surface area contributed by atoms with Crippen molar-refractivity contribution in [3.8, 4) is 0 Å². The maximum absolute atomic E-state index is 13.3. The standard InChI is InChI=1S/C13H18BrFO/c1-13(2,3)7-6-12(16)9-4-5-10(14)11(15)8-9/h4-5,8,12,16H,6-7H2,1-3H3. The summed E-state index contributed by atoms with van der Waals surface area (Å²) in [5.41, 5.74) is 0.833. The van der Waals surface area contributed by atoms with E-state index in [9.17, 15) is 9.50 Å². The number of rotatable bonds is 3. The molecule has 1 atom stereocenters. The van der Waals surface area contributed by atoms with Crippen molar-refractivity contribution in [3.63, 3.8) is 0 Å². The molecule has 0 radical (unpaired) electrons. The van der Waals surface area contributed by atoms with E-state index in [0.717, 1.165) is 6.42 Å². The normalized spacial score (nSPS) is 13.9. The molecule has 1 aromatic carbocycles. The van der Waals surface area contributed by atoms with Crippen molar-refractivity contribution in [1.82, 2.24) is 0 Å². The Morgan fingerprint density at radius 3 is 2.50 bits per heavy atom. The number of aliphatic hydroxyl groups excluding tert-OH is 1. The molecule has 0 saturated carbocycles. The first-order chi connectivity index (χ1) is 7.29. The highest BCUT2D eigenvalue weighted by atomic mass is 79.9. The minimum Gasteiger partial charge on any atom is -0.388 e. The van der Waals surface area contributed by atoms with Crippen LogP contribution in [0.2, 0.25) is 0 Å². The van der Waals surface area contributed by atoms with E-state index < -0.39 is 6.10 Å². The number of halogens is 2. The molecule has 1 unspecified atom stereocenters. The minimum absolute atomic E-state index is 0.189. The molecule has 1 rings (SSSR count). The summed E-state index contributed by atoms with van der Waals surface area (Å²) >= 11 is 3.09. The van der Waals surface area contributed by atoms with Crippen LogP contribution in [-0.2, 0) is 0 Å². The van der Waals surface area contributed by atoms with Gasteiger partial charge < -0.3 is 5.11 Å². The van der Waals surface area contributed by atoms with E-state index in [4.69, 9.17) is 0 Å². The van der Waals surface area contributed by atoms with Crippen LogP contribution in [0.25, 0.3) is 0 Å². The van der Waals surface area contributed by atoms with Crippen LogP contribution in [0.15, 0.2) is 22.7 Å². The van der Waals surface area contributed by atoms with Gasteiger partial charge in [-0.25, -0.2) is 4.39 Å². The minimum atomic E-state index is -0.582. The van der Waals surface area contributed by atoms with E-state index >= 15 is 0 Å². The monoisotopic (exact) mass is 288 g/mol. The highest BCUT2D eigenvalue weighted by Gasteiger charge is 2.15. The van der Waals surface area contributed by atoms with E-state index in [0.29, 0.717) is 16.5 Å². The molecule has 0 spiro atoms. The Morgan fingerprint density at radius 1 is 1.38 bits per heavy atom. The molecule has 0 aliphatic rings. The van der Waals surface area contributed by atoms with Gasteiger partial charge in [0, 0.05) is 0 Å². The Kier molecular flexibility index (Phi) is 4.51. The van der Waals surface area contributed by atoms with Gasteiger partial charge in [0.1, 0.15) is 5.82 Å². The van der Waals surface area contributed by atoms with E-state index in [1.807, 2.05) is 0 Å². The second kappa shape index (κ2) is 5.28. The molecule has 0 amide bonds. The maximum atomic E-state index is 13.3. The molecule has 0 bridgehead atoms. The third-order valence-electron chi connectivity index (χ3n) is 2.50. The molecular formula is C13H18BrFO. The molecule has 0 aromatic heterocycles. The topological polar surface area (TPSA) is 20.2 Å². The fraction of sp³-hybridized carbons (Fsp3) is 0.538. The lowest BCUT2D eigenvalue weighted by molar-refractivity contribution is 0.147. The zero-order chi connectivity index (χ0) is 12.3. The van der Waals surface area contributed by atoms with Crippen molar-refractivity contribution in [2.45, 2.75) is 39.7 Å². The molecule has 3 heteroatoms. The van der Waals surface area contributed by atoms with Crippen LogP contribution in [0.1, 0.15) is 45.3 Å². The van der Waals surface area contributed by atoms with Gasteiger partial charge in [-0.05, 0) is 51.9 Å². The van der Waals surface area contributed by atoms with Gasteiger partial charge in [-0.15, -0.1) is 0 Å². The van der Waals surface area contributed by atoms with E-state index in [1.165, 1.54) is 6.07 Å². The summed E-state index contributed by atoms with van der Waals surface area (Å²) in [6.07, 6.45) is 0.984. The van der Waals surface area contributed by atoms with Crippen molar-refractivity contribution >= 4 is 15.9 Å². The highest BCUT2D eigenvalue weighted by Crippen LogP contribution is 2.28. The summed E-state index contributed by atoms with van der Waals surface area (Å²) in [5, 5.41) is 9.92. The predicted molar refractivity (Wildman–Crippen MR) is 67.7 cm³/mol. The second-order valence-corrected chi connectivity index (χ2v) is 6.14. The van der Waals surface area contributed by atoms with Gasteiger partial charge in [0.05, 0.1) is 10.6 Å². The second-order valence-electron chi connectivity index (χ2n) is 5.29. The van der Waals surface area contributed by atoms with Gasteiger partial charge in [0.15, 0.2) is 0 Å². The molecule has 1 N–H and O–H groups in total. The van der Waals surface area contributed by atoms with Crippen LogP contribution in [0.4, 0.5) is 4.39 Å². The fourth-order valence-corrected chi connectivity index (χ4v) is 1.70.